The molecule has 0 amide bonds. The molecule has 1 unspecified atom stereocenters. The number of benzene rings is 1. The van der Waals surface area contributed by atoms with Gasteiger partial charge < -0.3 is 19.5 Å². The Morgan fingerprint density at radius 3 is 2.81 bits per heavy atom. The van der Waals surface area contributed by atoms with Gasteiger partial charge in [-0.2, -0.15) is 0 Å². The molecule has 1 aliphatic heterocycles. The number of hydrogen-bond donors (Lipinski definition) is 1. The molecule has 21 heavy (non-hydrogen) atoms. The highest BCUT2D eigenvalue weighted by Gasteiger charge is 2.15. The number of fused-ring (bicyclic) bond motifs is 1. The minimum Gasteiger partial charge on any atom is -0.489 e. The summed E-state index contributed by atoms with van der Waals surface area (Å²) in [5.74, 6) is 1.42. The average molecular weight is 314 g/mol. The molecule has 1 atom stereocenters. The Labute approximate surface area is 131 Å². The van der Waals surface area contributed by atoms with Crippen molar-refractivity contribution in [3.8, 4) is 11.5 Å². The van der Waals surface area contributed by atoms with E-state index in [4.69, 9.17) is 21.1 Å². The minimum absolute atomic E-state index is 0.250. The van der Waals surface area contributed by atoms with Gasteiger partial charge in [0.05, 0.1) is 24.3 Å². The molecule has 0 saturated heterocycles. The van der Waals surface area contributed by atoms with Crippen molar-refractivity contribution in [1.29, 1.82) is 0 Å². The summed E-state index contributed by atoms with van der Waals surface area (Å²) in [6.07, 6.45) is 2.31. The van der Waals surface area contributed by atoms with Gasteiger partial charge in [-0.05, 0) is 44.5 Å². The second-order valence-corrected chi connectivity index (χ2v) is 6.05. The molecule has 1 N–H and O–H groups in total. The number of aliphatic hydroxyl groups excluding tert-OH is 1. The first-order valence-corrected chi connectivity index (χ1v) is 7.88. The second kappa shape index (κ2) is 7.87. The van der Waals surface area contributed by atoms with Gasteiger partial charge in [-0.1, -0.05) is 11.6 Å². The van der Waals surface area contributed by atoms with Crippen LogP contribution < -0.4 is 9.47 Å². The monoisotopic (exact) mass is 313 g/mol. The lowest BCUT2D eigenvalue weighted by atomic mass is 10.1. The Bertz CT molecular complexity index is 465. The zero-order valence-corrected chi connectivity index (χ0v) is 13.5. The Hall–Kier alpha value is -0.970. The summed E-state index contributed by atoms with van der Waals surface area (Å²) >= 11 is 6.29. The third-order valence-corrected chi connectivity index (χ3v) is 3.85. The molecule has 0 aromatic heterocycles. The zero-order chi connectivity index (χ0) is 15.2. The van der Waals surface area contributed by atoms with E-state index in [-0.39, 0.29) is 6.10 Å². The summed E-state index contributed by atoms with van der Waals surface area (Å²) in [7, 11) is 2.06. The number of aliphatic hydroxyl groups is 1. The number of likely N-dealkylation sites (N-methyl/N-ethyl adjacent to an activating group) is 1. The SMILES string of the molecule is CC(O)CCN(C)CCc1cc(Cl)c2c(c1)OCCCO2. The fourth-order valence-electron chi connectivity index (χ4n) is 2.27. The molecule has 2 rings (SSSR count). The third kappa shape index (κ3) is 5.06. The Morgan fingerprint density at radius 1 is 1.29 bits per heavy atom. The van der Waals surface area contributed by atoms with Gasteiger partial charge >= 0.3 is 0 Å². The van der Waals surface area contributed by atoms with Crippen LogP contribution in [0.3, 0.4) is 0 Å². The largest absolute Gasteiger partial charge is 0.489 e. The number of nitrogens with zero attached hydrogens (tertiary/aromatic N) is 1. The fourth-order valence-corrected chi connectivity index (χ4v) is 2.56. The van der Waals surface area contributed by atoms with E-state index in [1.54, 1.807) is 0 Å². The van der Waals surface area contributed by atoms with Crippen molar-refractivity contribution in [3.05, 3.63) is 22.7 Å². The van der Waals surface area contributed by atoms with Crippen molar-refractivity contribution in [1.82, 2.24) is 4.90 Å². The third-order valence-electron chi connectivity index (χ3n) is 3.57. The molecule has 118 valence electrons. The van der Waals surface area contributed by atoms with Crippen LogP contribution in [0.2, 0.25) is 5.02 Å². The van der Waals surface area contributed by atoms with E-state index in [9.17, 15) is 5.11 Å². The second-order valence-electron chi connectivity index (χ2n) is 5.65. The zero-order valence-electron chi connectivity index (χ0n) is 12.8. The summed E-state index contributed by atoms with van der Waals surface area (Å²) in [5.41, 5.74) is 1.15. The Kier molecular flexibility index (Phi) is 6.15. The predicted octanol–water partition coefficient (Wildman–Crippen LogP) is 2.75. The van der Waals surface area contributed by atoms with Crippen LogP contribution in [0.15, 0.2) is 12.1 Å². The maximum atomic E-state index is 9.31. The molecule has 0 bridgehead atoms. The minimum atomic E-state index is -0.250. The van der Waals surface area contributed by atoms with E-state index >= 15 is 0 Å². The van der Waals surface area contributed by atoms with Crippen molar-refractivity contribution < 1.29 is 14.6 Å². The summed E-state index contributed by atoms with van der Waals surface area (Å²) < 4.78 is 11.3. The van der Waals surface area contributed by atoms with Crippen molar-refractivity contribution >= 4 is 11.6 Å². The normalized spacial score (nSPS) is 15.9. The van der Waals surface area contributed by atoms with Crippen LogP contribution in [0, 0.1) is 0 Å². The average Bonchev–Trinajstić information content (AvgIpc) is 2.68. The van der Waals surface area contributed by atoms with Crippen LogP contribution in [0.5, 0.6) is 11.5 Å². The van der Waals surface area contributed by atoms with Crippen LogP contribution >= 0.6 is 11.6 Å². The predicted molar refractivity (Wildman–Crippen MR) is 84.6 cm³/mol. The lowest BCUT2D eigenvalue weighted by molar-refractivity contribution is 0.165. The van der Waals surface area contributed by atoms with E-state index in [1.165, 1.54) is 0 Å². The van der Waals surface area contributed by atoms with Crippen LogP contribution in [-0.4, -0.2) is 49.5 Å². The van der Waals surface area contributed by atoms with Crippen LogP contribution in [0.4, 0.5) is 0 Å². The molecule has 1 aromatic rings. The van der Waals surface area contributed by atoms with Gasteiger partial charge in [-0.15, -0.1) is 0 Å². The number of ether oxygens (including phenoxy) is 2. The highest BCUT2D eigenvalue weighted by molar-refractivity contribution is 6.32. The number of hydrogen-bond acceptors (Lipinski definition) is 4. The maximum Gasteiger partial charge on any atom is 0.179 e. The van der Waals surface area contributed by atoms with Crippen LogP contribution in [0.1, 0.15) is 25.3 Å². The first-order valence-electron chi connectivity index (χ1n) is 7.51. The quantitative estimate of drug-likeness (QED) is 0.877. The maximum absolute atomic E-state index is 9.31. The molecule has 0 fully saturated rings. The Morgan fingerprint density at radius 2 is 2.05 bits per heavy atom. The van der Waals surface area contributed by atoms with Crippen molar-refractivity contribution in [2.24, 2.45) is 0 Å². The van der Waals surface area contributed by atoms with Gasteiger partial charge in [0.1, 0.15) is 0 Å². The molecule has 1 aromatic carbocycles. The van der Waals surface area contributed by atoms with Crippen molar-refractivity contribution in [3.63, 3.8) is 0 Å². The molecule has 1 aliphatic rings. The summed E-state index contributed by atoms with van der Waals surface area (Å²) in [6, 6.07) is 3.98. The molecule has 0 saturated carbocycles. The molecular formula is C16H24ClNO3. The summed E-state index contributed by atoms with van der Waals surface area (Å²) in [5, 5.41) is 9.93. The Balaban J connectivity index is 1.95. The van der Waals surface area contributed by atoms with E-state index in [0.717, 1.165) is 43.7 Å². The van der Waals surface area contributed by atoms with Crippen molar-refractivity contribution in [2.75, 3.05) is 33.4 Å². The molecule has 0 radical (unpaired) electrons. The smallest absolute Gasteiger partial charge is 0.179 e. The van der Waals surface area contributed by atoms with Gasteiger partial charge in [0.2, 0.25) is 0 Å². The molecule has 0 aliphatic carbocycles. The number of rotatable bonds is 6. The molecule has 1 heterocycles. The van der Waals surface area contributed by atoms with Crippen molar-refractivity contribution in [2.45, 2.75) is 32.3 Å². The highest BCUT2D eigenvalue weighted by atomic mass is 35.5. The first-order chi connectivity index (χ1) is 10.1. The van der Waals surface area contributed by atoms with E-state index in [1.807, 2.05) is 19.1 Å². The van der Waals surface area contributed by atoms with E-state index in [2.05, 4.69) is 11.9 Å². The molecular weight excluding hydrogens is 290 g/mol. The summed E-state index contributed by atoms with van der Waals surface area (Å²) in [4.78, 5) is 2.21. The van der Waals surface area contributed by atoms with Gasteiger partial charge in [0.15, 0.2) is 11.5 Å². The van der Waals surface area contributed by atoms with Gasteiger partial charge in [0.25, 0.3) is 0 Å². The number of halogens is 1. The molecule has 4 nitrogen and oxygen atoms in total. The highest BCUT2D eigenvalue weighted by Crippen LogP contribution is 2.38. The summed E-state index contributed by atoms with van der Waals surface area (Å²) in [6.45, 7) is 4.94. The molecule has 0 spiro atoms. The van der Waals surface area contributed by atoms with E-state index in [0.29, 0.717) is 24.0 Å². The standard InChI is InChI=1S/C16H24ClNO3/c1-12(19)4-6-18(2)7-5-13-10-14(17)16-15(11-13)20-8-3-9-21-16/h10-12,19H,3-9H2,1-2H3. The van der Waals surface area contributed by atoms with Crippen LogP contribution in [-0.2, 0) is 6.42 Å². The van der Waals surface area contributed by atoms with Crippen LogP contribution in [0.25, 0.3) is 0 Å². The molecule has 5 heteroatoms. The van der Waals surface area contributed by atoms with Gasteiger partial charge in [0, 0.05) is 19.5 Å². The van der Waals surface area contributed by atoms with Gasteiger partial charge in [-0.3, -0.25) is 0 Å². The topological polar surface area (TPSA) is 41.9 Å². The van der Waals surface area contributed by atoms with Gasteiger partial charge in [-0.25, -0.2) is 0 Å². The lowest BCUT2D eigenvalue weighted by Crippen LogP contribution is -2.24. The fraction of sp³-hybridized carbons (Fsp3) is 0.625. The lowest BCUT2D eigenvalue weighted by Gasteiger charge is -2.18. The first kappa shape index (κ1) is 16.4. The van der Waals surface area contributed by atoms with E-state index < -0.39 is 0 Å².